The SMILES string of the molecule is CCCOc1ccc(CNC(=O)c2ccc(OC(F)F)cc2)cc1OC. The van der Waals surface area contributed by atoms with Crippen LogP contribution in [0, 0.1) is 0 Å². The van der Waals surface area contributed by atoms with E-state index < -0.39 is 6.61 Å². The molecule has 0 saturated carbocycles. The quantitative estimate of drug-likeness (QED) is 0.729. The third-order valence-corrected chi connectivity index (χ3v) is 3.48. The van der Waals surface area contributed by atoms with E-state index in [0.717, 1.165) is 12.0 Å². The number of benzene rings is 2. The highest BCUT2D eigenvalue weighted by Gasteiger charge is 2.10. The number of hydrogen-bond donors (Lipinski definition) is 1. The predicted molar refractivity (Wildman–Crippen MR) is 93.0 cm³/mol. The van der Waals surface area contributed by atoms with Gasteiger partial charge in [-0.3, -0.25) is 4.79 Å². The van der Waals surface area contributed by atoms with Gasteiger partial charge in [0.1, 0.15) is 5.75 Å². The van der Waals surface area contributed by atoms with Crippen molar-refractivity contribution in [2.45, 2.75) is 26.5 Å². The molecular weight excluding hydrogens is 344 g/mol. The van der Waals surface area contributed by atoms with Crippen LogP contribution in [-0.4, -0.2) is 26.2 Å². The zero-order chi connectivity index (χ0) is 18.9. The molecule has 0 atom stereocenters. The molecular formula is C19H21F2NO4. The largest absolute Gasteiger partial charge is 0.493 e. The highest BCUT2D eigenvalue weighted by molar-refractivity contribution is 5.94. The van der Waals surface area contributed by atoms with Gasteiger partial charge in [0.05, 0.1) is 13.7 Å². The zero-order valence-corrected chi connectivity index (χ0v) is 14.6. The van der Waals surface area contributed by atoms with Gasteiger partial charge in [0.15, 0.2) is 11.5 Å². The second kappa shape index (κ2) is 9.60. The minimum absolute atomic E-state index is 0.00366. The molecule has 2 aromatic rings. The van der Waals surface area contributed by atoms with E-state index in [-0.39, 0.29) is 11.7 Å². The summed E-state index contributed by atoms with van der Waals surface area (Å²) in [5.74, 6) is 0.931. The maximum Gasteiger partial charge on any atom is 0.387 e. The van der Waals surface area contributed by atoms with Gasteiger partial charge in [0.25, 0.3) is 5.91 Å². The number of alkyl halides is 2. The molecule has 0 fully saturated rings. The maximum absolute atomic E-state index is 12.2. The van der Waals surface area contributed by atoms with E-state index in [1.54, 1.807) is 19.2 Å². The third-order valence-electron chi connectivity index (χ3n) is 3.48. The van der Waals surface area contributed by atoms with Crippen molar-refractivity contribution in [1.82, 2.24) is 5.32 Å². The normalized spacial score (nSPS) is 10.5. The molecule has 5 nitrogen and oxygen atoms in total. The molecule has 0 aliphatic carbocycles. The van der Waals surface area contributed by atoms with Crippen molar-refractivity contribution in [3.05, 3.63) is 53.6 Å². The van der Waals surface area contributed by atoms with Crippen LogP contribution in [0.3, 0.4) is 0 Å². The molecule has 7 heteroatoms. The first kappa shape index (κ1) is 19.5. The number of amides is 1. The Labute approximate surface area is 150 Å². The zero-order valence-electron chi connectivity index (χ0n) is 14.6. The smallest absolute Gasteiger partial charge is 0.387 e. The molecule has 2 rings (SSSR count). The molecule has 0 spiro atoms. The minimum Gasteiger partial charge on any atom is -0.493 e. The van der Waals surface area contributed by atoms with Gasteiger partial charge >= 0.3 is 6.61 Å². The minimum atomic E-state index is -2.89. The van der Waals surface area contributed by atoms with Crippen LogP contribution in [0.15, 0.2) is 42.5 Å². The van der Waals surface area contributed by atoms with Crippen molar-refractivity contribution < 1.29 is 27.8 Å². The van der Waals surface area contributed by atoms with Crippen molar-refractivity contribution in [1.29, 1.82) is 0 Å². The number of rotatable bonds is 9. The fourth-order valence-corrected chi connectivity index (χ4v) is 2.23. The Kier molecular flexibility index (Phi) is 7.20. The topological polar surface area (TPSA) is 56.8 Å². The molecule has 0 aliphatic rings. The number of carbonyl (C=O) groups is 1. The number of ether oxygens (including phenoxy) is 3. The Morgan fingerprint density at radius 2 is 1.85 bits per heavy atom. The third kappa shape index (κ3) is 5.61. The number of nitrogens with one attached hydrogen (secondary N) is 1. The van der Waals surface area contributed by atoms with Crippen LogP contribution in [0.25, 0.3) is 0 Å². The van der Waals surface area contributed by atoms with Crippen LogP contribution >= 0.6 is 0 Å². The molecule has 0 saturated heterocycles. The second-order valence-electron chi connectivity index (χ2n) is 5.42. The van der Waals surface area contributed by atoms with E-state index in [9.17, 15) is 13.6 Å². The molecule has 0 heterocycles. The van der Waals surface area contributed by atoms with E-state index in [2.05, 4.69) is 10.1 Å². The summed E-state index contributed by atoms with van der Waals surface area (Å²) in [7, 11) is 1.56. The van der Waals surface area contributed by atoms with Gasteiger partial charge in [-0.1, -0.05) is 13.0 Å². The molecule has 1 amide bonds. The van der Waals surface area contributed by atoms with Crippen LogP contribution in [0.1, 0.15) is 29.3 Å². The van der Waals surface area contributed by atoms with E-state index >= 15 is 0 Å². The molecule has 0 aromatic heterocycles. The summed E-state index contributed by atoms with van der Waals surface area (Å²) in [4.78, 5) is 12.2. The monoisotopic (exact) mass is 365 g/mol. The van der Waals surface area contributed by atoms with Gasteiger partial charge in [0, 0.05) is 12.1 Å². The van der Waals surface area contributed by atoms with Crippen molar-refractivity contribution >= 4 is 5.91 Å². The Morgan fingerprint density at radius 3 is 2.46 bits per heavy atom. The van der Waals surface area contributed by atoms with Crippen LogP contribution in [0.4, 0.5) is 8.78 Å². The summed E-state index contributed by atoms with van der Waals surface area (Å²) >= 11 is 0. The number of halogens is 2. The summed E-state index contributed by atoms with van der Waals surface area (Å²) in [6.07, 6.45) is 0.891. The van der Waals surface area contributed by atoms with Crippen LogP contribution in [0.2, 0.25) is 0 Å². The van der Waals surface area contributed by atoms with Crippen LogP contribution < -0.4 is 19.5 Å². The van der Waals surface area contributed by atoms with Gasteiger partial charge < -0.3 is 19.5 Å². The predicted octanol–water partition coefficient (Wildman–Crippen LogP) is 4.02. The number of methoxy groups -OCH3 is 1. The summed E-state index contributed by atoms with van der Waals surface area (Å²) in [6.45, 7) is 0.00707. The molecule has 0 unspecified atom stereocenters. The first-order chi connectivity index (χ1) is 12.5. The average Bonchev–Trinajstić information content (AvgIpc) is 2.64. The lowest BCUT2D eigenvalue weighted by molar-refractivity contribution is -0.0498. The first-order valence-corrected chi connectivity index (χ1v) is 8.16. The number of carbonyl (C=O) groups excluding carboxylic acids is 1. The van der Waals surface area contributed by atoms with Gasteiger partial charge in [-0.25, -0.2) is 0 Å². The molecule has 0 aliphatic heterocycles. The molecule has 1 N–H and O–H groups in total. The molecule has 140 valence electrons. The summed E-state index contributed by atoms with van der Waals surface area (Å²) in [6, 6.07) is 10.9. The van der Waals surface area contributed by atoms with Crippen molar-refractivity contribution in [3.63, 3.8) is 0 Å². The van der Waals surface area contributed by atoms with Gasteiger partial charge in [0.2, 0.25) is 0 Å². The Bertz CT molecular complexity index is 720. The Balaban J connectivity index is 1.96. The van der Waals surface area contributed by atoms with E-state index in [4.69, 9.17) is 9.47 Å². The Hall–Kier alpha value is -2.83. The fourth-order valence-electron chi connectivity index (χ4n) is 2.23. The van der Waals surface area contributed by atoms with Crippen LogP contribution in [-0.2, 0) is 6.54 Å². The van der Waals surface area contributed by atoms with E-state index in [0.29, 0.717) is 30.2 Å². The summed E-state index contributed by atoms with van der Waals surface area (Å²) in [5, 5.41) is 2.77. The molecule has 0 radical (unpaired) electrons. The Morgan fingerprint density at radius 1 is 1.12 bits per heavy atom. The average molecular weight is 365 g/mol. The lowest BCUT2D eigenvalue weighted by atomic mass is 10.1. The highest BCUT2D eigenvalue weighted by atomic mass is 19.3. The van der Waals surface area contributed by atoms with Crippen molar-refractivity contribution in [2.75, 3.05) is 13.7 Å². The highest BCUT2D eigenvalue weighted by Crippen LogP contribution is 2.28. The lowest BCUT2D eigenvalue weighted by Crippen LogP contribution is -2.22. The second-order valence-corrected chi connectivity index (χ2v) is 5.42. The van der Waals surface area contributed by atoms with Crippen molar-refractivity contribution in [3.8, 4) is 17.2 Å². The van der Waals surface area contributed by atoms with Gasteiger partial charge in [-0.2, -0.15) is 8.78 Å². The molecule has 26 heavy (non-hydrogen) atoms. The van der Waals surface area contributed by atoms with Gasteiger partial charge in [-0.15, -0.1) is 0 Å². The standard InChI is InChI=1S/C19H21F2NO4/c1-3-10-25-16-9-4-13(11-17(16)24-2)12-22-18(23)14-5-7-15(8-6-14)26-19(20)21/h4-9,11,19H,3,10,12H2,1-2H3,(H,22,23). The molecule has 0 bridgehead atoms. The van der Waals surface area contributed by atoms with E-state index in [1.807, 2.05) is 13.0 Å². The maximum atomic E-state index is 12.2. The van der Waals surface area contributed by atoms with Crippen molar-refractivity contribution in [2.24, 2.45) is 0 Å². The summed E-state index contributed by atoms with van der Waals surface area (Å²) < 4.78 is 39.4. The lowest BCUT2D eigenvalue weighted by Gasteiger charge is -2.12. The van der Waals surface area contributed by atoms with Crippen LogP contribution in [0.5, 0.6) is 17.2 Å². The number of hydrogen-bond acceptors (Lipinski definition) is 4. The first-order valence-electron chi connectivity index (χ1n) is 8.16. The fraction of sp³-hybridized carbons (Fsp3) is 0.316. The van der Waals surface area contributed by atoms with Gasteiger partial charge in [-0.05, 0) is 48.4 Å². The summed E-state index contributed by atoms with van der Waals surface area (Å²) in [5.41, 5.74) is 1.19. The van der Waals surface area contributed by atoms with E-state index in [1.165, 1.54) is 24.3 Å². The molecule has 2 aromatic carbocycles.